The van der Waals surface area contributed by atoms with Gasteiger partial charge in [-0.1, -0.05) is 18.2 Å². The number of hydrogen-bond donors (Lipinski definition) is 7. The third kappa shape index (κ3) is 8.52. The SMILES string of the molecule is C=C[C@H]1[C@H](O[C@@H]2O[C@H](CO)[C@@H](O)[C@H](O)[C@H]2OC(C)C)OC=C(C(=O)OC)[C@H]1/C=C/C1=C(NC(N)=NC)C(C(=O)O)=CN(CCO)C1. The minimum Gasteiger partial charge on any atom is -0.478 e. The minimum absolute atomic E-state index is 0.0403. The van der Waals surface area contributed by atoms with E-state index in [9.17, 15) is 35.1 Å². The normalized spacial score (nSPS) is 30.5. The minimum atomic E-state index is -1.47. The van der Waals surface area contributed by atoms with Crippen LogP contribution in [0.25, 0.3) is 0 Å². The number of guanidine groups is 1. The highest BCUT2D eigenvalue weighted by atomic mass is 16.8. The summed E-state index contributed by atoms with van der Waals surface area (Å²) in [5.74, 6) is -3.60. The summed E-state index contributed by atoms with van der Waals surface area (Å²) in [6.45, 7) is 6.81. The highest BCUT2D eigenvalue weighted by Crippen LogP contribution is 2.37. The molecule has 3 heterocycles. The van der Waals surface area contributed by atoms with Gasteiger partial charge in [-0.3, -0.25) is 4.99 Å². The molecule has 1 fully saturated rings. The number of aliphatic imine (C=N–C) groups is 1. The van der Waals surface area contributed by atoms with Gasteiger partial charge >= 0.3 is 11.9 Å². The Kier molecular flexibility index (Phi) is 13.3. The zero-order valence-electron chi connectivity index (χ0n) is 26.2. The first-order valence-corrected chi connectivity index (χ1v) is 14.6. The number of nitrogens with two attached hydrogens (primary N) is 1. The maximum absolute atomic E-state index is 12.9. The summed E-state index contributed by atoms with van der Waals surface area (Å²) in [6, 6.07) is 0. The molecule has 3 aliphatic rings. The third-order valence-corrected chi connectivity index (χ3v) is 7.52. The lowest BCUT2D eigenvalue weighted by Gasteiger charge is -2.44. The van der Waals surface area contributed by atoms with Crippen molar-refractivity contribution in [3.8, 4) is 0 Å². The standard InChI is InChI=1S/C30H44N4O12/c1-6-17-18(8-7-16-11-34(9-10-35)12-19(26(39)40)22(16)33-30(31)32-4)20(27(41)42-5)14-43-28(17)46-29-25(44-15(2)3)24(38)23(37)21(13-36)45-29/h6-8,12,14-15,17-18,21,23-25,28-29,35-38H,1,9-11,13H2,2-5H3,(H,39,40)(H3,31,32,33)/b8-7+/t17-,18+,21-,23-,24+,25-,28+,29+/m1/s1. The number of carbonyl (C=O) groups excluding carboxylic acids is 1. The summed E-state index contributed by atoms with van der Waals surface area (Å²) in [5.41, 5.74) is 6.45. The highest BCUT2D eigenvalue weighted by molar-refractivity contribution is 5.95. The molecule has 46 heavy (non-hydrogen) atoms. The van der Waals surface area contributed by atoms with Crippen molar-refractivity contribution in [3.63, 3.8) is 0 Å². The Balaban J connectivity index is 2.05. The van der Waals surface area contributed by atoms with Gasteiger partial charge in [-0.05, 0) is 19.4 Å². The number of carboxylic acid groups (broad SMARTS) is 1. The van der Waals surface area contributed by atoms with Gasteiger partial charge in [0.2, 0.25) is 6.29 Å². The molecule has 0 unspecified atom stereocenters. The van der Waals surface area contributed by atoms with Crippen LogP contribution in [-0.4, -0.2) is 132 Å². The van der Waals surface area contributed by atoms with Crippen LogP contribution in [0.5, 0.6) is 0 Å². The molecule has 3 aliphatic heterocycles. The van der Waals surface area contributed by atoms with Gasteiger partial charge in [-0.15, -0.1) is 6.58 Å². The number of aliphatic hydroxyl groups is 4. The molecular formula is C30H44N4O12. The predicted octanol–water partition coefficient (Wildman–Crippen LogP) is -1.31. The number of ether oxygens (including phenoxy) is 5. The Morgan fingerprint density at radius 2 is 1.98 bits per heavy atom. The third-order valence-electron chi connectivity index (χ3n) is 7.52. The number of β-amino-alcohol motifs (C(OH)–C–C–N with tert-alkyl or cyclic N) is 1. The fourth-order valence-electron chi connectivity index (χ4n) is 5.24. The number of nitrogens with one attached hydrogen (secondary N) is 1. The van der Waals surface area contributed by atoms with Crippen LogP contribution in [0, 0.1) is 11.8 Å². The van der Waals surface area contributed by atoms with E-state index in [1.807, 2.05) is 0 Å². The van der Waals surface area contributed by atoms with Crippen molar-refractivity contribution in [3.05, 3.63) is 59.7 Å². The average Bonchev–Trinajstić information content (AvgIpc) is 3.03. The average molecular weight is 653 g/mol. The van der Waals surface area contributed by atoms with E-state index in [-0.39, 0.29) is 42.5 Å². The zero-order chi connectivity index (χ0) is 34.1. The summed E-state index contributed by atoms with van der Waals surface area (Å²) in [6.07, 6.45) is -0.886. The second-order valence-electron chi connectivity index (χ2n) is 10.9. The molecule has 0 spiro atoms. The van der Waals surface area contributed by atoms with Crippen molar-refractivity contribution < 1.29 is 58.8 Å². The Bertz CT molecular complexity index is 1260. The first kappa shape index (κ1) is 36.7. The lowest BCUT2D eigenvalue weighted by molar-refractivity contribution is -0.348. The van der Waals surface area contributed by atoms with Crippen LogP contribution in [0.4, 0.5) is 0 Å². The number of aliphatic carboxylic acids is 1. The van der Waals surface area contributed by atoms with Gasteiger partial charge in [-0.25, -0.2) is 9.59 Å². The lowest BCUT2D eigenvalue weighted by Crippen LogP contribution is -2.61. The van der Waals surface area contributed by atoms with Crippen LogP contribution in [0.2, 0.25) is 0 Å². The molecule has 0 aromatic heterocycles. The number of nitrogens with zero attached hydrogens (tertiary/aromatic N) is 2. The van der Waals surface area contributed by atoms with Crippen LogP contribution >= 0.6 is 0 Å². The summed E-state index contributed by atoms with van der Waals surface area (Å²) >= 11 is 0. The second-order valence-corrected chi connectivity index (χ2v) is 10.9. The fraction of sp³-hybridized carbons (Fsp3) is 0.567. The van der Waals surface area contributed by atoms with Crippen molar-refractivity contribution in [1.29, 1.82) is 0 Å². The Morgan fingerprint density at radius 1 is 1.26 bits per heavy atom. The van der Waals surface area contributed by atoms with Crippen molar-refractivity contribution in [1.82, 2.24) is 10.2 Å². The fourth-order valence-corrected chi connectivity index (χ4v) is 5.24. The van der Waals surface area contributed by atoms with Crippen molar-refractivity contribution in [2.24, 2.45) is 22.6 Å². The smallest absolute Gasteiger partial charge is 0.339 e. The molecule has 0 radical (unpaired) electrons. The largest absolute Gasteiger partial charge is 0.478 e. The van der Waals surface area contributed by atoms with Crippen LogP contribution in [0.15, 0.2) is 64.7 Å². The Labute approximate surface area is 266 Å². The quantitative estimate of drug-likeness (QED) is 0.0529. The summed E-state index contributed by atoms with van der Waals surface area (Å²) in [7, 11) is 2.64. The van der Waals surface area contributed by atoms with E-state index in [1.165, 1.54) is 26.4 Å². The molecule has 1 saturated heterocycles. The maximum Gasteiger partial charge on any atom is 0.339 e. The number of rotatable bonds is 13. The van der Waals surface area contributed by atoms with E-state index in [4.69, 9.17) is 29.4 Å². The Hall–Kier alpha value is -3.77. The molecule has 8 atom stereocenters. The molecule has 0 aromatic rings. The predicted molar refractivity (Wildman–Crippen MR) is 162 cm³/mol. The molecule has 8 N–H and O–H groups in total. The summed E-state index contributed by atoms with van der Waals surface area (Å²) in [5, 5.41) is 53.2. The zero-order valence-corrected chi connectivity index (χ0v) is 26.2. The Morgan fingerprint density at radius 3 is 2.54 bits per heavy atom. The number of esters is 1. The molecule has 0 amide bonds. The van der Waals surface area contributed by atoms with Crippen LogP contribution in [0.1, 0.15) is 13.8 Å². The molecule has 0 aliphatic carbocycles. The van der Waals surface area contributed by atoms with E-state index in [0.29, 0.717) is 5.57 Å². The van der Waals surface area contributed by atoms with E-state index in [0.717, 1.165) is 6.26 Å². The van der Waals surface area contributed by atoms with Gasteiger partial charge in [0, 0.05) is 32.3 Å². The van der Waals surface area contributed by atoms with Gasteiger partial charge in [0.1, 0.15) is 24.4 Å². The molecule has 256 valence electrons. The van der Waals surface area contributed by atoms with Crippen molar-refractivity contribution in [2.75, 3.05) is 40.5 Å². The monoisotopic (exact) mass is 652 g/mol. The highest BCUT2D eigenvalue weighted by Gasteiger charge is 2.49. The number of methoxy groups -OCH3 is 1. The summed E-state index contributed by atoms with van der Waals surface area (Å²) in [4.78, 5) is 30.5. The van der Waals surface area contributed by atoms with Crippen molar-refractivity contribution >= 4 is 17.9 Å². The topological polar surface area (TPSA) is 235 Å². The van der Waals surface area contributed by atoms with E-state index in [1.54, 1.807) is 30.9 Å². The van der Waals surface area contributed by atoms with Gasteiger partial charge < -0.3 is 65.2 Å². The van der Waals surface area contributed by atoms with Crippen LogP contribution in [-0.2, 0) is 33.3 Å². The number of allylic oxidation sites excluding steroid dienone is 1. The first-order chi connectivity index (χ1) is 21.9. The van der Waals surface area contributed by atoms with Gasteiger partial charge in [0.15, 0.2) is 12.2 Å². The lowest BCUT2D eigenvalue weighted by atomic mass is 9.83. The second kappa shape index (κ2) is 16.7. The van der Waals surface area contributed by atoms with Gasteiger partial charge in [0.25, 0.3) is 0 Å². The molecule has 0 aromatic carbocycles. The van der Waals surface area contributed by atoms with Gasteiger partial charge in [0.05, 0.1) is 55.5 Å². The molecule has 16 nitrogen and oxygen atoms in total. The van der Waals surface area contributed by atoms with Crippen molar-refractivity contribution in [2.45, 2.75) is 56.9 Å². The molecular weight excluding hydrogens is 608 g/mol. The molecule has 16 heteroatoms. The van der Waals surface area contributed by atoms with E-state index in [2.05, 4.69) is 16.9 Å². The number of aliphatic hydroxyl groups excluding tert-OH is 4. The molecule has 0 bridgehead atoms. The van der Waals surface area contributed by atoms with Gasteiger partial charge in [-0.2, -0.15) is 0 Å². The number of hydrogen-bond acceptors (Lipinski definition) is 13. The first-order valence-electron chi connectivity index (χ1n) is 14.6. The molecule has 0 saturated carbocycles. The maximum atomic E-state index is 12.9. The molecule has 3 rings (SSSR count). The van der Waals surface area contributed by atoms with E-state index < -0.39 is 73.5 Å². The number of carboxylic acids is 1. The van der Waals surface area contributed by atoms with Crippen LogP contribution < -0.4 is 11.1 Å². The van der Waals surface area contributed by atoms with E-state index >= 15 is 0 Å². The van der Waals surface area contributed by atoms with Crippen LogP contribution in [0.3, 0.4) is 0 Å². The number of carbonyl (C=O) groups is 2. The summed E-state index contributed by atoms with van der Waals surface area (Å²) < 4.78 is 28.5.